The summed E-state index contributed by atoms with van der Waals surface area (Å²) >= 11 is 6.01. The first-order chi connectivity index (χ1) is 10.6. The lowest BCUT2D eigenvalue weighted by Gasteiger charge is -2.19. The Bertz CT molecular complexity index is 619. The van der Waals surface area contributed by atoms with E-state index in [1.807, 2.05) is 61.5 Å². The van der Waals surface area contributed by atoms with E-state index in [4.69, 9.17) is 17.3 Å². The predicted octanol–water partition coefficient (Wildman–Crippen LogP) is 4.42. The monoisotopic (exact) mass is 352 g/mol. The highest BCUT2D eigenvalue weighted by molar-refractivity contribution is 6.30. The van der Waals surface area contributed by atoms with E-state index in [1.54, 1.807) is 0 Å². The Morgan fingerprint density at radius 3 is 2.39 bits per heavy atom. The predicted molar refractivity (Wildman–Crippen MR) is 97.9 cm³/mol. The van der Waals surface area contributed by atoms with E-state index in [2.05, 4.69) is 5.32 Å². The molecular formula is C18H22Cl2N2O. The van der Waals surface area contributed by atoms with Crippen molar-refractivity contribution in [2.24, 2.45) is 5.73 Å². The normalized spacial score (nSPS) is 12.8. The number of halogens is 2. The molecule has 2 atom stereocenters. The summed E-state index contributed by atoms with van der Waals surface area (Å²) in [7, 11) is 0. The molecule has 0 aliphatic carbocycles. The molecule has 0 saturated carbocycles. The Hall–Kier alpha value is -1.55. The summed E-state index contributed by atoms with van der Waals surface area (Å²) in [6.45, 7) is 2.03. The van der Waals surface area contributed by atoms with Gasteiger partial charge >= 0.3 is 0 Å². The Kier molecular flexibility index (Phi) is 8.10. The molecule has 5 heteroatoms. The highest BCUT2D eigenvalue weighted by Gasteiger charge is 2.16. The summed E-state index contributed by atoms with van der Waals surface area (Å²) in [4.78, 5) is 12.2. The Balaban J connectivity index is 0.00000264. The third-order valence-electron chi connectivity index (χ3n) is 3.63. The lowest BCUT2D eigenvalue weighted by Crippen LogP contribution is -2.30. The largest absolute Gasteiger partial charge is 0.349 e. The maximum Gasteiger partial charge on any atom is 0.222 e. The molecule has 3 N–H and O–H groups in total. The lowest BCUT2D eigenvalue weighted by molar-refractivity contribution is -0.122. The van der Waals surface area contributed by atoms with Crippen LogP contribution in [0.3, 0.4) is 0 Å². The fourth-order valence-corrected chi connectivity index (χ4v) is 2.61. The molecule has 0 bridgehead atoms. The van der Waals surface area contributed by atoms with Crippen LogP contribution in [0.15, 0.2) is 54.6 Å². The summed E-state index contributed by atoms with van der Waals surface area (Å²) < 4.78 is 0. The number of nitrogens with one attached hydrogen (secondary N) is 1. The summed E-state index contributed by atoms with van der Waals surface area (Å²) in [6, 6.07) is 16.9. The molecular weight excluding hydrogens is 331 g/mol. The van der Waals surface area contributed by atoms with E-state index in [-0.39, 0.29) is 36.8 Å². The number of carbonyl (C=O) groups excluding carboxylic acids is 1. The van der Waals surface area contributed by atoms with Crippen LogP contribution in [0.25, 0.3) is 0 Å². The lowest BCUT2D eigenvalue weighted by atomic mass is 10.0. The molecule has 1 amide bonds. The molecule has 2 aromatic rings. The van der Waals surface area contributed by atoms with Gasteiger partial charge in [0.25, 0.3) is 0 Å². The van der Waals surface area contributed by atoms with E-state index < -0.39 is 0 Å². The van der Waals surface area contributed by atoms with Gasteiger partial charge in [0.05, 0.1) is 6.04 Å². The van der Waals surface area contributed by atoms with Crippen molar-refractivity contribution in [3.8, 4) is 0 Å². The fraction of sp³-hybridized carbons (Fsp3) is 0.278. The number of benzene rings is 2. The number of carbonyl (C=O) groups is 1. The SMILES string of the molecule is CCC(NC(=O)CC(N)c1ccccc1)c1cccc(Cl)c1.Cl. The minimum absolute atomic E-state index is 0. The van der Waals surface area contributed by atoms with E-state index >= 15 is 0 Å². The van der Waals surface area contributed by atoms with Gasteiger partial charge in [-0.25, -0.2) is 0 Å². The molecule has 2 unspecified atom stereocenters. The third kappa shape index (κ3) is 5.87. The molecule has 0 heterocycles. The third-order valence-corrected chi connectivity index (χ3v) is 3.86. The molecule has 3 nitrogen and oxygen atoms in total. The zero-order valence-corrected chi connectivity index (χ0v) is 14.6. The molecule has 2 aromatic carbocycles. The van der Waals surface area contributed by atoms with Gasteiger partial charge in [-0.05, 0) is 29.7 Å². The van der Waals surface area contributed by atoms with Crippen molar-refractivity contribution in [3.05, 3.63) is 70.7 Å². The van der Waals surface area contributed by atoms with Crippen molar-refractivity contribution in [1.82, 2.24) is 5.32 Å². The van der Waals surface area contributed by atoms with Crippen LogP contribution in [0.2, 0.25) is 5.02 Å². The second-order valence-corrected chi connectivity index (χ2v) is 5.74. The molecule has 0 radical (unpaired) electrons. The Morgan fingerprint density at radius 1 is 1.13 bits per heavy atom. The van der Waals surface area contributed by atoms with E-state index in [9.17, 15) is 4.79 Å². The van der Waals surface area contributed by atoms with Crippen LogP contribution in [-0.4, -0.2) is 5.91 Å². The molecule has 0 fully saturated rings. The van der Waals surface area contributed by atoms with Crippen LogP contribution in [-0.2, 0) is 4.79 Å². The number of amides is 1. The maximum atomic E-state index is 12.2. The van der Waals surface area contributed by atoms with Gasteiger partial charge in [0, 0.05) is 17.5 Å². The van der Waals surface area contributed by atoms with Crippen LogP contribution >= 0.6 is 24.0 Å². The Morgan fingerprint density at radius 2 is 1.78 bits per heavy atom. The van der Waals surface area contributed by atoms with Crippen LogP contribution in [0.1, 0.15) is 43.0 Å². The molecule has 2 rings (SSSR count). The van der Waals surface area contributed by atoms with Gasteiger partial charge in [0.15, 0.2) is 0 Å². The van der Waals surface area contributed by atoms with Crippen LogP contribution in [0.4, 0.5) is 0 Å². The topological polar surface area (TPSA) is 55.1 Å². The summed E-state index contributed by atoms with van der Waals surface area (Å²) in [5, 5.41) is 3.71. The second-order valence-electron chi connectivity index (χ2n) is 5.30. The molecule has 0 aromatic heterocycles. The number of rotatable bonds is 6. The first-order valence-electron chi connectivity index (χ1n) is 7.45. The fourth-order valence-electron chi connectivity index (χ4n) is 2.42. The van der Waals surface area contributed by atoms with Crippen molar-refractivity contribution >= 4 is 29.9 Å². The highest BCUT2D eigenvalue weighted by Crippen LogP contribution is 2.21. The average Bonchev–Trinajstić information content (AvgIpc) is 2.53. The van der Waals surface area contributed by atoms with Crippen LogP contribution < -0.4 is 11.1 Å². The molecule has 23 heavy (non-hydrogen) atoms. The molecule has 0 spiro atoms. The van der Waals surface area contributed by atoms with Crippen molar-refractivity contribution in [2.45, 2.75) is 31.8 Å². The highest BCUT2D eigenvalue weighted by atomic mass is 35.5. The van der Waals surface area contributed by atoms with Gasteiger partial charge in [-0.15, -0.1) is 12.4 Å². The van der Waals surface area contributed by atoms with Gasteiger partial charge in [-0.1, -0.05) is 61.0 Å². The van der Waals surface area contributed by atoms with Crippen molar-refractivity contribution in [3.63, 3.8) is 0 Å². The van der Waals surface area contributed by atoms with Gasteiger partial charge < -0.3 is 11.1 Å². The maximum absolute atomic E-state index is 12.2. The standard InChI is InChI=1S/C18H21ClN2O.ClH/c1-2-17(14-9-6-10-15(19)11-14)21-18(22)12-16(20)13-7-4-3-5-8-13;/h3-11,16-17H,2,12,20H2,1H3,(H,21,22);1H. The van der Waals surface area contributed by atoms with Crippen molar-refractivity contribution in [2.75, 3.05) is 0 Å². The number of nitrogens with two attached hydrogens (primary N) is 1. The number of hydrogen-bond acceptors (Lipinski definition) is 2. The van der Waals surface area contributed by atoms with Gasteiger partial charge in [-0.3, -0.25) is 4.79 Å². The Labute approximate surface area is 148 Å². The smallest absolute Gasteiger partial charge is 0.222 e. The first kappa shape index (κ1) is 19.5. The van der Waals surface area contributed by atoms with Crippen molar-refractivity contribution in [1.29, 1.82) is 0 Å². The quantitative estimate of drug-likeness (QED) is 0.808. The van der Waals surface area contributed by atoms with E-state index in [0.717, 1.165) is 17.5 Å². The molecule has 0 saturated heterocycles. The minimum Gasteiger partial charge on any atom is -0.349 e. The second kappa shape index (κ2) is 9.56. The summed E-state index contributed by atoms with van der Waals surface area (Å²) in [5.41, 5.74) is 8.07. The van der Waals surface area contributed by atoms with Crippen molar-refractivity contribution < 1.29 is 4.79 Å². The van der Waals surface area contributed by atoms with Gasteiger partial charge in [0.2, 0.25) is 5.91 Å². The van der Waals surface area contributed by atoms with E-state index in [1.165, 1.54) is 0 Å². The zero-order chi connectivity index (χ0) is 15.9. The molecule has 0 aliphatic heterocycles. The van der Waals surface area contributed by atoms with Gasteiger partial charge in [-0.2, -0.15) is 0 Å². The molecule has 124 valence electrons. The minimum atomic E-state index is -0.293. The summed E-state index contributed by atoms with van der Waals surface area (Å²) in [6.07, 6.45) is 1.06. The summed E-state index contributed by atoms with van der Waals surface area (Å²) in [5.74, 6) is -0.0526. The number of hydrogen-bond donors (Lipinski definition) is 2. The van der Waals surface area contributed by atoms with Crippen LogP contribution in [0.5, 0.6) is 0 Å². The van der Waals surface area contributed by atoms with Gasteiger partial charge in [0.1, 0.15) is 0 Å². The first-order valence-corrected chi connectivity index (χ1v) is 7.83. The molecule has 0 aliphatic rings. The van der Waals surface area contributed by atoms with E-state index in [0.29, 0.717) is 5.02 Å². The average molecular weight is 353 g/mol. The zero-order valence-electron chi connectivity index (χ0n) is 13.0. The van der Waals surface area contributed by atoms with Crippen LogP contribution in [0, 0.1) is 0 Å².